The summed E-state index contributed by atoms with van der Waals surface area (Å²) < 4.78 is 47.2. The molecule has 1 amide bonds. The van der Waals surface area contributed by atoms with Gasteiger partial charge in [0.15, 0.2) is 4.80 Å². The second-order valence-corrected chi connectivity index (χ2v) is 10.2. The van der Waals surface area contributed by atoms with E-state index in [1.807, 2.05) is 0 Å². The lowest BCUT2D eigenvalue weighted by Gasteiger charge is -2.09. The largest absolute Gasteiger partial charge is 0.468 e. The molecule has 1 heterocycles. The van der Waals surface area contributed by atoms with E-state index in [-0.39, 0.29) is 33.2 Å². The summed E-state index contributed by atoms with van der Waals surface area (Å²) >= 11 is 0.965. The molecular formula is C23H17FN4O7S2. The van der Waals surface area contributed by atoms with Crippen molar-refractivity contribution in [2.45, 2.75) is 11.4 Å². The summed E-state index contributed by atoms with van der Waals surface area (Å²) in [4.78, 5) is 39.5. The number of nitrogens with one attached hydrogen (secondary N) is 1. The zero-order chi connectivity index (χ0) is 26.7. The molecule has 11 nitrogen and oxygen atoms in total. The van der Waals surface area contributed by atoms with Crippen LogP contribution in [-0.2, 0) is 26.1 Å². The van der Waals surface area contributed by atoms with Gasteiger partial charge in [0.25, 0.3) is 21.6 Å². The van der Waals surface area contributed by atoms with Gasteiger partial charge in [-0.2, -0.15) is 4.99 Å². The molecule has 0 fully saturated rings. The van der Waals surface area contributed by atoms with Gasteiger partial charge in [0.2, 0.25) is 0 Å². The predicted octanol–water partition coefficient (Wildman–Crippen LogP) is 3.47. The number of sulfonamides is 1. The number of methoxy groups -OCH3 is 1. The first-order valence-electron chi connectivity index (χ1n) is 10.4. The maximum atomic E-state index is 13.1. The van der Waals surface area contributed by atoms with Gasteiger partial charge < -0.3 is 9.30 Å². The Hall–Kier alpha value is -4.43. The number of halogens is 1. The van der Waals surface area contributed by atoms with Crippen LogP contribution in [0.1, 0.15) is 10.4 Å². The lowest BCUT2D eigenvalue weighted by Crippen LogP contribution is -2.22. The predicted molar refractivity (Wildman–Crippen MR) is 132 cm³/mol. The molecule has 3 aromatic carbocycles. The zero-order valence-electron chi connectivity index (χ0n) is 19.0. The van der Waals surface area contributed by atoms with Crippen LogP contribution < -0.4 is 9.52 Å². The molecule has 37 heavy (non-hydrogen) atoms. The number of nitro benzene ring substituents is 1. The number of carbonyl (C=O) groups is 2. The third kappa shape index (κ3) is 5.70. The molecule has 0 aliphatic heterocycles. The van der Waals surface area contributed by atoms with Crippen LogP contribution in [-0.4, -0.2) is 36.9 Å². The SMILES string of the molecule is COC(=O)Cn1c(=NC(=O)c2cccc(NS(=O)(=O)c3ccc(F)cc3)c2)sc2cc([N+](=O)[O-])ccc21. The van der Waals surface area contributed by atoms with E-state index in [0.717, 1.165) is 35.6 Å². The van der Waals surface area contributed by atoms with Crippen molar-refractivity contribution < 1.29 is 32.1 Å². The number of hydrogen-bond donors (Lipinski definition) is 1. The Kier molecular flexibility index (Phi) is 7.13. The van der Waals surface area contributed by atoms with Crippen molar-refractivity contribution in [1.82, 2.24) is 4.57 Å². The van der Waals surface area contributed by atoms with Crippen LogP contribution in [0.15, 0.2) is 76.6 Å². The quantitative estimate of drug-likeness (QED) is 0.213. The van der Waals surface area contributed by atoms with E-state index in [4.69, 9.17) is 4.74 Å². The van der Waals surface area contributed by atoms with E-state index >= 15 is 0 Å². The summed E-state index contributed by atoms with van der Waals surface area (Å²) in [5.41, 5.74) is 0.374. The fourth-order valence-corrected chi connectivity index (χ4v) is 5.41. The number of aromatic nitrogens is 1. The average molecular weight is 545 g/mol. The minimum Gasteiger partial charge on any atom is -0.468 e. The Bertz CT molecular complexity index is 1710. The minimum absolute atomic E-state index is 0.0346. The molecule has 0 saturated heterocycles. The van der Waals surface area contributed by atoms with Gasteiger partial charge in [-0.3, -0.25) is 24.4 Å². The number of fused-ring (bicyclic) bond motifs is 1. The third-order valence-corrected chi connectivity index (χ3v) is 7.51. The molecule has 1 N–H and O–H groups in total. The minimum atomic E-state index is -4.05. The van der Waals surface area contributed by atoms with Crippen LogP contribution >= 0.6 is 11.3 Å². The first kappa shape index (κ1) is 25.7. The number of non-ortho nitro benzene ring substituents is 1. The lowest BCUT2D eigenvalue weighted by atomic mass is 10.2. The summed E-state index contributed by atoms with van der Waals surface area (Å²) in [6.45, 7) is -0.294. The number of nitrogens with zero attached hydrogens (tertiary/aromatic N) is 3. The van der Waals surface area contributed by atoms with Crippen LogP contribution in [0.2, 0.25) is 0 Å². The first-order valence-corrected chi connectivity index (χ1v) is 12.7. The van der Waals surface area contributed by atoms with Gasteiger partial charge in [-0.25, -0.2) is 12.8 Å². The normalized spacial score (nSPS) is 11.9. The Labute approximate surface area is 212 Å². The maximum absolute atomic E-state index is 13.1. The molecule has 0 radical (unpaired) electrons. The van der Waals surface area contributed by atoms with Crippen LogP contribution in [0.5, 0.6) is 0 Å². The van der Waals surface area contributed by atoms with Crippen molar-refractivity contribution in [2.75, 3.05) is 11.8 Å². The van der Waals surface area contributed by atoms with E-state index in [1.165, 1.54) is 54.1 Å². The van der Waals surface area contributed by atoms with Crippen molar-refractivity contribution in [2.24, 2.45) is 4.99 Å². The van der Waals surface area contributed by atoms with Crippen molar-refractivity contribution in [3.8, 4) is 0 Å². The van der Waals surface area contributed by atoms with Crippen LogP contribution in [0.4, 0.5) is 15.8 Å². The van der Waals surface area contributed by atoms with Gasteiger partial charge in [-0.05, 0) is 48.5 Å². The number of amides is 1. The molecule has 0 aliphatic carbocycles. The van der Waals surface area contributed by atoms with E-state index in [2.05, 4.69) is 9.71 Å². The van der Waals surface area contributed by atoms with Crippen molar-refractivity contribution in [1.29, 1.82) is 0 Å². The second-order valence-electron chi connectivity index (χ2n) is 7.51. The molecule has 0 aliphatic rings. The Morgan fingerprint density at radius 3 is 2.54 bits per heavy atom. The Morgan fingerprint density at radius 2 is 1.86 bits per heavy atom. The van der Waals surface area contributed by atoms with E-state index < -0.39 is 32.6 Å². The molecule has 4 aromatic rings. The number of hydrogen-bond acceptors (Lipinski definition) is 8. The Balaban J connectivity index is 1.71. The number of esters is 1. The van der Waals surface area contributed by atoms with Crippen LogP contribution in [0, 0.1) is 15.9 Å². The summed E-state index contributed by atoms with van der Waals surface area (Å²) in [5, 5.41) is 11.1. The zero-order valence-corrected chi connectivity index (χ0v) is 20.6. The summed E-state index contributed by atoms with van der Waals surface area (Å²) in [7, 11) is -2.85. The van der Waals surface area contributed by atoms with E-state index in [9.17, 15) is 32.5 Å². The molecule has 190 valence electrons. The van der Waals surface area contributed by atoms with Crippen molar-refractivity contribution >= 4 is 54.8 Å². The van der Waals surface area contributed by atoms with Crippen molar-refractivity contribution in [3.63, 3.8) is 0 Å². The van der Waals surface area contributed by atoms with Crippen molar-refractivity contribution in [3.05, 3.63) is 93.0 Å². The molecule has 0 bridgehead atoms. The average Bonchev–Trinajstić information content (AvgIpc) is 3.19. The van der Waals surface area contributed by atoms with Gasteiger partial charge in [-0.15, -0.1) is 0 Å². The van der Waals surface area contributed by atoms with Gasteiger partial charge >= 0.3 is 5.97 Å². The summed E-state index contributed by atoms with van der Waals surface area (Å²) in [6, 6.07) is 13.8. The summed E-state index contributed by atoms with van der Waals surface area (Å²) in [6.07, 6.45) is 0. The molecular weight excluding hydrogens is 527 g/mol. The first-order chi connectivity index (χ1) is 17.6. The van der Waals surface area contributed by atoms with Gasteiger partial charge in [-0.1, -0.05) is 17.4 Å². The van der Waals surface area contributed by atoms with E-state index in [1.54, 1.807) is 0 Å². The molecule has 1 aromatic heterocycles. The highest BCUT2D eigenvalue weighted by Gasteiger charge is 2.17. The lowest BCUT2D eigenvalue weighted by molar-refractivity contribution is -0.384. The van der Waals surface area contributed by atoms with Gasteiger partial charge in [0, 0.05) is 23.4 Å². The molecule has 0 spiro atoms. The highest BCUT2D eigenvalue weighted by molar-refractivity contribution is 7.92. The molecule has 0 unspecified atom stereocenters. The number of thiazole rings is 1. The number of nitro groups is 1. The topological polar surface area (TPSA) is 150 Å². The number of carbonyl (C=O) groups excluding carboxylic acids is 2. The monoisotopic (exact) mass is 544 g/mol. The molecule has 0 saturated carbocycles. The third-order valence-electron chi connectivity index (χ3n) is 5.07. The van der Waals surface area contributed by atoms with Gasteiger partial charge in [0.1, 0.15) is 12.4 Å². The highest BCUT2D eigenvalue weighted by atomic mass is 32.2. The van der Waals surface area contributed by atoms with Gasteiger partial charge in [0.05, 0.1) is 27.1 Å². The number of rotatable bonds is 7. The number of ether oxygens (including phenoxy) is 1. The number of anilines is 1. The Morgan fingerprint density at radius 1 is 1.14 bits per heavy atom. The molecule has 4 rings (SSSR count). The maximum Gasteiger partial charge on any atom is 0.325 e. The smallest absolute Gasteiger partial charge is 0.325 e. The fraction of sp³-hybridized carbons (Fsp3) is 0.0870. The standard InChI is InChI=1S/C23H17FN4O7S2/c1-35-21(29)13-27-19-10-7-17(28(31)32)12-20(19)36-23(27)25-22(30)14-3-2-4-16(11-14)26-37(33,34)18-8-5-15(24)6-9-18/h2-12,26H,13H2,1H3. The number of benzene rings is 3. The molecule has 0 atom stereocenters. The van der Waals surface area contributed by atoms with E-state index in [0.29, 0.717) is 10.2 Å². The fourth-order valence-electron chi connectivity index (χ4n) is 3.30. The highest BCUT2D eigenvalue weighted by Crippen LogP contribution is 2.24. The van der Waals surface area contributed by atoms with Crippen LogP contribution in [0.3, 0.4) is 0 Å². The second kappa shape index (κ2) is 10.3. The molecule has 14 heteroatoms. The summed E-state index contributed by atoms with van der Waals surface area (Å²) in [5.74, 6) is -1.96. The van der Waals surface area contributed by atoms with Crippen LogP contribution in [0.25, 0.3) is 10.2 Å².